The first kappa shape index (κ1) is 14.4. The highest BCUT2D eigenvalue weighted by Crippen LogP contribution is 2.16. The van der Waals surface area contributed by atoms with Crippen molar-refractivity contribution in [2.75, 3.05) is 5.32 Å². The maximum Gasteiger partial charge on any atom is 0.336 e. The second-order valence-electron chi connectivity index (χ2n) is 3.80. The molecular weight excluding hydrogens is 254 g/mol. The van der Waals surface area contributed by atoms with Crippen molar-refractivity contribution >= 4 is 29.3 Å². The normalized spacial score (nSPS) is 9.74. The fourth-order valence-corrected chi connectivity index (χ4v) is 1.42. The Balaban J connectivity index is 3.02. The quantitative estimate of drug-likeness (QED) is 0.683. The maximum absolute atomic E-state index is 11.3. The molecule has 0 radical (unpaired) electrons. The fourth-order valence-electron chi connectivity index (χ4n) is 1.42. The molecule has 1 rings (SSSR count). The lowest BCUT2D eigenvalue weighted by Gasteiger charge is -2.07. The summed E-state index contributed by atoms with van der Waals surface area (Å²) >= 11 is 0. The summed E-state index contributed by atoms with van der Waals surface area (Å²) in [4.78, 5) is 43.8. The number of carboxylic acids is 2. The van der Waals surface area contributed by atoms with Crippen molar-refractivity contribution in [2.45, 2.75) is 13.3 Å². The molecular formula is C12H11NO6. The molecule has 0 aliphatic rings. The van der Waals surface area contributed by atoms with E-state index in [9.17, 15) is 19.2 Å². The van der Waals surface area contributed by atoms with Gasteiger partial charge in [0.1, 0.15) is 5.78 Å². The van der Waals surface area contributed by atoms with Gasteiger partial charge < -0.3 is 15.5 Å². The number of hydrogen-bond donors (Lipinski definition) is 3. The van der Waals surface area contributed by atoms with Gasteiger partial charge in [0.2, 0.25) is 5.91 Å². The Bertz CT molecular complexity index is 563. The Morgan fingerprint density at radius 1 is 1.05 bits per heavy atom. The third-order valence-electron chi connectivity index (χ3n) is 2.17. The van der Waals surface area contributed by atoms with Crippen molar-refractivity contribution in [3.05, 3.63) is 29.3 Å². The summed E-state index contributed by atoms with van der Waals surface area (Å²) in [7, 11) is 0. The number of carbonyl (C=O) groups is 4. The van der Waals surface area contributed by atoms with E-state index in [0.29, 0.717) is 0 Å². The molecule has 100 valence electrons. The summed E-state index contributed by atoms with van der Waals surface area (Å²) in [6.07, 6.45) is -0.330. The molecule has 1 aromatic carbocycles. The highest BCUT2D eigenvalue weighted by molar-refractivity contribution is 6.06. The van der Waals surface area contributed by atoms with E-state index in [-0.39, 0.29) is 23.5 Å². The first-order chi connectivity index (χ1) is 8.81. The molecule has 0 bridgehead atoms. The van der Waals surface area contributed by atoms with Gasteiger partial charge in [-0.15, -0.1) is 0 Å². The number of carbonyl (C=O) groups excluding carboxylic acids is 2. The first-order valence-corrected chi connectivity index (χ1v) is 5.21. The van der Waals surface area contributed by atoms with Gasteiger partial charge >= 0.3 is 11.9 Å². The molecule has 0 atom stereocenters. The van der Waals surface area contributed by atoms with Crippen LogP contribution in [-0.2, 0) is 9.59 Å². The van der Waals surface area contributed by atoms with Gasteiger partial charge in [-0.25, -0.2) is 9.59 Å². The highest BCUT2D eigenvalue weighted by Gasteiger charge is 2.17. The number of aromatic carboxylic acids is 2. The summed E-state index contributed by atoms with van der Waals surface area (Å²) < 4.78 is 0. The molecule has 1 aromatic rings. The van der Waals surface area contributed by atoms with Crippen molar-refractivity contribution in [1.82, 2.24) is 0 Å². The molecule has 19 heavy (non-hydrogen) atoms. The van der Waals surface area contributed by atoms with Crippen LogP contribution in [0.15, 0.2) is 18.2 Å². The molecule has 7 nitrogen and oxygen atoms in total. The lowest BCUT2D eigenvalue weighted by molar-refractivity contribution is -0.124. The lowest BCUT2D eigenvalue weighted by atomic mass is 10.1. The van der Waals surface area contributed by atoms with Gasteiger partial charge in [0.15, 0.2) is 0 Å². The van der Waals surface area contributed by atoms with Gasteiger partial charge in [-0.3, -0.25) is 9.59 Å². The zero-order valence-corrected chi connectivity index (χ0v) is 9.97. The van der Waals surface area contributed by atoms with Crippen LogP contribution in [0, 0.1) is 0 Å². The number of anilines is 1. The van der Waals surface area contributed by atoms with E-state index in [1.54, 1.807) is 0 Å². The van der Waals surface area contributed by atoms with Crippen LogP contribution in [0.4, 0.5) is 5.69 Å². The van der Waals surface area contributed by atoms with Gasteiger partial charge in [0.05, 0.1) is 17.5 Å². The Morgan fingerprint density at radius 3 is 2.11 bits per heavy atom. The Hall–Kier alpha value is -2.70. The third-order valence-corrected chi connectivity index (χ3v) is 2.17. The number of Topliss-reactive ketones (excluding diaryl/α,β-unsaturated/α-hetero) is 1. The van der Waals surface area contributed by atoms with Crippen LogP contribution in [0.2, 0.25) is 0 Å². The van der Waals surface area contributed by atoms with Gasteiger partial charge in [0, 0.05) is 5.69 Å². The Labute approximate surface area is 107 Å². The molecule has 1 amide bonds. The number of benzene rings is 1. The van der Waals surface area contributed by atoms with Crippen LogP contribution in [0.25, 0.3) is 0 Å². The summed E-state index contributed by atoms with van der Waals surface area (Å²) in [5.41, 5.74) is -0.696. The predicted octanol–water partition coefficient (Wildman–Crippen LogP) is 1.00. The Morgan fingerprint density at radius 2 is 1.63 bits per heavy atom. The standard InChI is InChI=1S/C12H11NO6/c1-6(14)4-10(15)13-7-2-3-8(11(16)17)9(5-7)12(18)19/h2-3,5H,4H2,1H3,(H,13,15)(H,16,17)(H,18,19). The van der Waals surface area contributed by atoms with E-state index in [1.807, 2.05) is 0 Å². The zero-order valence-electron chi connectivity index (χ0n) is 9.97. The second-order valence-corrected chi connectivity index (χ2v) is 3.80. The van der Waals surface area contributed by atoms with E-state index in [4.69, 9.17) is 10.2 Å². The lowest BCUT2D eigenvalue weighted by Crippen LogP contribution is -2.16. The SMILES string of the molecule is CC(=O)CC(=O)Nc1ccc(C(=O)O)c(C(=O)O)c1. The molecule has 0 spiro atoms. The average molecular weight is 265 g/mol. The summed E-state index contributed by atoms with van der Waals surface area (Å²) in [5.74, 6) is -3.72. The number of hydrogen-bond acceptors (Lipinski definition) is 4. The third kappa shape index (κ3) is 3.91. The van der Waals surface area contributed by atoms with Crippen molar-refractivity contribution in [1.29, 1.82) is 0 Å². The van der Waals surface area contributed by atoms with Crippen LogP contribution in [0.3, 0.4) is 0 Å². The highest BCUT2D eigenvalue weighted by atomic mass is 16.4. The number of carboxylic acid groups (broad SMARTS) is 2. The van der Waals surface area contributed by atoms with Gasteiger partial charge in [-0.2, -0.15) is 0 Å². The Kier molecular flexibility index (Phi) is 4.36. The predicted molar refractivity (Wildman–Crippen MR) is 64.3 cm³/mol. The van der Waals surface area contributed by atoms with Crippen molar-refractivity contribution in [3.8, 4) is 0 Å². The molecule has 7 heteroatoms. The largest absolute Gasteiger partial charge is 0.478 e. The number of rotatable bonds is 5. The van der Waals surface area contributed by atoms with E-state index in [0.717, 1.165) is 12.1 Å². The van der Waals surface area contributed by atoms with Crippen LogP contribution >= 0.6 is 0 Å². The molecule has 0 unspecified atom stereocenters. The minimum Gasteiger partial charge on any atom is -0.478 e. The minimum absolute atomic E-state index is 0.119. The summed E-state index contributed by atoms with van der Waals surface area (Å²) in [5, 5.41) is 20.0. The van der Waals surface area contributed by atoms with Crippen LogP contribution in [0.5, 0.6) is 0 Å². The zero-order chi connectivity index (χ0) is 14.6. The van der Waals surface area contributed by atoms with E-state index >= 15 is 0 Å². The summed E-state index contributed by atoms with van der Waals surface area (Å²) in [6, 6.07) is 3.37. The maximum atomic E-state index is 11.3. The van der Waals surface area contributed by atoms with Gasteiger partial charge in [0.25, 0.3) is 0 Å². The molecule has 0 saturated carbocycles. The van der Waals surface area contributed by atoms with Crippen molar-refractivity contribution in [2.24, 2.45) is 0 Å². The van der Waals surface area contributed by atoms with E-state index in [1.165, 1.54) is 13.0 Å². The minimum atomic E-state index is -1.42. The first-order valence-electron chi connectivity index (χ1n) is 5.21. The summed E-state index contributed by atoms with van der Waals surface area (Å²) in [6.45, 7) is 1.25. The van der Waals surface area contributed by atoms with E-state index < -0.39 is 23.4 Å². The van der Waals surface area contributed by atoms with Crippen LogP contribution in [-0.4, -0.2) is 33.8 Å². The molecule has 3 N–H and O–H groups in total. The van der Waals surface area contributed by atoms with Crippen molar-refractivity contribution < 1.29 is 29.4 Å². The van der Waals surface area contributed by atoms with Crippen molar-refractivity contribution in [3.63, 3.8) is 0 Å². The fraction of sp³-hybridized carbons (Fsp3) is 0.167. The second kappa shape index (κ2) is 5.76. The van der Waals surface area contributed by atoms with Gasteiger partial charge in [-0.05, 0) is 25.1 Å². The average Bonchev–Trinajstić information content (AvgIpc) is 2.27. The van der Waals surface area contributed by atoms with Gasteiger partial charge in [-0.1, -0.05) is 0 Å². The van der Waals surface area contributed by atoms with E-state index in [2.05, 4.69) is 5.32 Å². The monoisotopic (exact) mass is 265 g/mol. The number of nitrogens with one attached hydrogen (secondary N) is 1. The molecule has 0 aromatic heterocycles. The molecule has 0 fully saturated rings. The molecule has 0 heterocycles. The molecule has 0 aliphatic heterocycles. The van der Waals surface area contributed by atoms with Crippen LogP contribution in [0.1, 0.15) is 34.1 Å². The van der Waals surface area contributed by atoms with Crippen LogP contribution < -0.4 is 5.32 Å². The molecule has 0 saturated heterocycles. The molecule has 0 aliphatic carbocycles. The number of ketones is 1. The topological polar surface area (TPSA) is 121 Å². The smallest absolute Gasteiger partial charge is 0.336 e. The number of amides is 1.